The van der Waals surface area contributed by atoms with Gasteiger partial charge < -0.3 is 9.84 Å². The third-order valence-electron chi connectivity index (χ3n) is 2.35. The van der Waals surface area contributed by atoms with E-state index >= 15 is 0 Å². The van der Waals surface area contributed by atoms with Crippen molar-refractivity contribution in [1.82, 2.24) is 4.40 Å². The molecule has 2 aromatic heterocycles. The van der Waals surface area contributed by atoms with Crippen LogP contribution >= 0.6 is 0 Å². The van der Waals surface area contributed by atoms with Crippen LogP contribution in [-0.4, -0.2) is 22.1 Å². The van der Waals surface area contributed by atoms with Crippen LogP contribution < -0.4 is 5.56 Å². The SMILES string of the molecule is CCOC(=O)c1c(O)cc(=O)n2ccccc12. The fourth-order valence-electron chi connectivity index (χ4n) is 1.64. The van der Waals surface area contributed by atoms with Gasteiger partial charge in [0.05, 0.1) is 12.1 Å². The van der Waals surface area contributed by atoms with E-state index in [0.717, 1.165) is 6.07 Å². The van der Waals surface area contributed by atoms with E-state index in [4.69, 9.17) is 4.74 Å². The molecule has 88 valence electrons. The number of rotatable bonds is 2. The van der Waals surface area contributed by atoms with Gasteiger partial charge in [0, 0.05) is 12.3 Å². The van der Waals surface area contributed by atoms with E-state index in [9.17, 15) is 14.7 Å². The van der Waals surface area contributed by atoms with Crippen molar-refractivity contribution >= 4 is 11.5 Å². The van der Waals surface area contributed by atoms with Crippen LogP contribution in [0.1, 0.15) is 17.3 Å². The number of aromatic hydroxyl groups is 1. The standard InChI is InChI=1S/C12H11NO4/c1-2-17-12(16)11-8-5-3-4-6-13(8)10(15)7-9(11)14/h3-7,14H,2H2,1H3. The summed E-state index contributed by atoms with van der Waals surface area (Å²) in [6.45, 7) is 1.88. The monoisotopic (exact) mass is 233 g/mol. The molecule has 0 aromatic carbocycles. The summed E-state index contributed by atoms with van der Waals surface area (Å²) in [5, 5.41) is 9.67. The van der Waals surface area contributed by atoms with E-state index in [1.165, 1.54) is 10.6 Å². The number of hydrogen-bond donors (Lipinski definition) is 1. The Balaban J connectivity index is 2.78. The highest BCUT2D eigenvalue weighted by atomic mass is 16.5. The number of nitrogens with zero attached hydrogens (tertiary/aromatic N) is 1. The lowest BCUT2D eigenvalue weighted by atomic mass is 10.2. The van der Waals surface area contributed by atoms with E-state index in [0.29, 0.717) is 5.52 Å². The minimum absolute atomic E-state index is 0.00653. The van der Waals surface area contributed by atoms with Crippen LogP contribution in [0.3, 0.4) is 0 Å². The van der Waals surface area contributed by atoms with Gasteiger partial charge in [0.15, 0.2) is 0 Å². The molecule has 1 N–H and O–H groups in total. The van der Waals surface area contributed by atoms with Gasteiger partial charge in [-0.05, 0) is 19.1 Å². The summed E-state index contributed by atoms with van der Waals surface area (Å²) in [5.41, 5.74) is -0.0610. The Morgan fingerprint density at radius 1 is 1.47 bits per heavy atom. The summed E-state index contributed by atoms with van der Waals surface area (Å²) in [7, 11) is 0. The Morgan fingerprint density at radius 2 is 2.24 bits per heavy atom. The average molecular weight is 233 g/mol. The van der Waals surface area contributed by atoms with Crippen LogP contribution in [0.15, 0.2) is 35.3 Å². The lowest BCUT2D eigenvalue weighted by molar-refractivity contribution is 0.0525. The molecule has 5 heteroatoms. The van der Waals surface area contributed by atoms with Crippen molar-refractivity contribution < 1.29 is 14.6 Å². The highest BCUT2D eigenvalue weighted by Crippen LogP contribution is 2.20. The van der Waals surface area contributed by atoms with E-state index < -0.39 is 11.5 Å². The van der Waals surface area contributed by atoms with Gasteiger partial charge in [-0.1, -0.05) is 6.07 Å². The van der Waals surface area contributed by atoms with Crippen molar-refractivity contribution in [3.8, 4) is 5.75 Å². The van der Waals surface area contributed by atoms with Gasteiger partial charge in [-0.3, -0.25) is 9.20 Å². The van der Waals surface area contributed by atoms with Gasteiger partial charge in [0.1, 0.15) is 11.3 Å². The summed E-state index contributed by atoms with van der Waals surface area (Å²) in [6, 6.07) is 5.92. The number of aromatic nitrogens is 1. The van der Waals surface area contributed by atoms with Gasteiger partial charge >= 0.3 is 5.97 Å². The van der Waals surface area contributed by atoms with E-state index in [1.54, 1.807) is 25.1 Å². The second-order valence-electron chi connectivity index (χ2n) is 3.42. The molecule has 0 unspecified atom stereocenters. The van der Waals surface area contributed by atoms with E-state index in [2.05, 4.69) is 0 Å². The maximum atomic E-state index is 11.7. The predicted molar refractivity (Wildman–Crippen MR) is 61.3 cm³/mol. The second-order valence-corrected chi connectivity index (χ2v) is 3.42. The fourth-order valence-corrected chi connectivity index (χ4v) is 1.64. The molecule has 0 amide bonds. The van der Waals surface area contributed by atoms with Crippen LogP contribution in [0, 0.1) is 0 Å². The number of carbonyl (C=O) groups excluding carboxylic acids is 1. The molecule has 2 heterocycles. The number of esters is 1. The number of fused-ring (bicyclic) bond motifs is 1. The quantitative estimate of drug-likeness (QED) is 0.791. The molecular formula is C12H11NO4. The summed E-state index contributed by atoms with van der Waals surface area (Å²) in [5.74, 6) is -1.01. The molecule has 0 fully saturated rings. The third-order valence-corrected chi connectivity index (χ3v) is 2.35. The maximum absolute atomic E-state index is 11.7. The Morgan fingerprint density at radius 3 is 2.94 bits per heavy atom. The first kappa shape index (κ1) is 11.2. The molecule has 0 aliphatic rings. The number of ether oxygens (including phenoxy) is 1. The molecule has 0 saturated carbocycles. The topological polar surface area (TPSA) is 68.0 Å². The third kappa shape index (κ3) is 1.87. The Hall–Kier alpha value is -2.30. The van der Waals surface area contributed by atoms with Crippen LogP contribution in [0.25, 0.3) is 5.52 Å². The van der Waals surface area contributed by atoms with Crippen LogP contribution in [0.4, 0.5) is 0 Å². The molecule has 5 nitrogen and oxygen atoms in total. The maximum Gasteiger partial charge on any atom is 0.344 e. The molecule has 2 rings (SSSR count). The summed E-state index contributed by atoms with van der Waals surface area (Å²) < 4.78 is 6.13. The molecule has 0 saturated heterocycles. The first-order valence-electron chi connectivity index (χ1n) is 5.15. The van der Waals surface area contributed by atoms with Crippen LogP contribution in [-0.2, 0) is 4.74 Å². The van der Waals surface area contributed by atoms with Gasteiger partial charge in [0.2, 0.25) is 0 Å². The lowest BCUT2D eigenvalue weighted by Gasteiger charge is -2.08. The molecule has 0 atom stereocenters. The highest BCUT2D eigenvalue weighted by molar-refractivity contribution is 5.99. The predicted octanol–water partition coefficient (Wildman–Crippen LogP) is 1.18. The molecule has 17 heavy (non-hydrogen) atoms. The molecule has 0 aliphatic carbocycles. The molecule has 0 aliphatic heterocycles. The minimum Gasteiger partial charge on any atom is -0.507 e. The number of pyridine rings is 2. The smallest absolute Gasteiger partial charge is 0.344 e. The van der Waals surface area contributed by atoms with Gasteiger partial charge in [0.25, 0.3) is 5.56 Å². The van der Waals surface area contributed by atoms with Crippen molar-refractivity contribution in [1.29, 1.82) is 0 Å². The molecule has 0 radical (unpaired) electrons. The Labute approximate surface area is 96.9 Å². The number of carbonyl (C=O) groups is 1. The largest absolute Gasteiger partial charge is 0.507 e. The molecular weight excluding hydrogens is 222 g/mol. The van der Waals surface area contributed by atoms with Gasteiger partial charge in [-0.25, -0.2) is 4.79 Å². The summed E-state index contributed by atoms with van der Waals surface area (Å²) >= 11 is 0. The van der Waals surface area contributed by atoms with Gasteiger partial charge in [-0.15, -0.1) is 0 Å². The first-order chi connectivity index (χ1) is 8.15. The zero-order valence-electron chi connectivity index (χ0n) is 9.21. The summed E-state index contributed by atoms with van der Waals surface area (Å²) in [6.07, 6.45) is 1.53. The second kappa shape index (κ2) is 4.29. The molecule has 2 aromatic rings. The van der Waals surface area contributed by atoms with Crippen molar-refractivity contribution in [3.63, 3.8) is 0 Å². The zero-order chi connectivity index (χ0) is 12.4. The van der Waals surface area contributed by atoms with Gasteiger partial charge in [-0.2, -0.15) is 0 Å². The number of hydrogen-bond acceptors (Lipinski definition) is 4. The minimum atomic E-state index is -0.645. The summed E-state index contributed by atoms with van der Waals surface area (Å²) in [4.78, 5) is 23.3. The van der Waals surface area contributed by atoms with Crippen molar-refractivity contribution in [2.24, 2.45) is 0 Å². The van der Waals surface area contributed by atoms with Crippen LogP contribution in [0.5, 0.6) is 5.75 Å². The van der Waals surface area contributed by atoms with Crippen molar-refractivity contribution in [2.75, 3.05) is 6.61 Å². The average Bonchev–Trinajstić information content (AvgIpc) is 2.29. The van der Waals surface area contributed by atoms with Crippen molar-refractivity contribution in [3.05, 3.63) is 46.4 Å². The molecule has 0 bridgehead atoms. The van der Waals surface area contributed by atoms with E-state index in [1.807, 2.05) is 0 Å². The van der Waals surface area contributed by atoms with Crippen molar-refractivity contribution in [2.45, 2.75) is 6.92 Å². The lowest BCUT2D eigenvalue weighted by Crippen LogP contribution is -2.16. The highest BCUT2D eigenvalue weighted by Gasteiger charge is 2.17. The molecule has 0 spiro atoms. The van der Waals surface area contributed by atoms with Crippen LogP contribution in [0.2, 0.25) is 0 Å². The first-order valence-corrected chi connectivity index (χ1v) is 5.15. The normalized spacial score (nSPS) is 10.4. The zero-order valence-corrected chi connectivity index (χ0v) is 9.21. The Bertz CT molecular complexity index is 630. The fraction of sp³-hybridized carbons (Fsp3) is 0.167. The Kier molecular flexibility index (Phi) is 2.82. The van der Waals surface area contributed by atoms with E-state index in [-0.39, 0.29) is 17.9 Å².